The Morgan fingerprint density at radius 3 is 2.50 bits per heavy atom. The Morgan fingerprint density at radius 2 is 2.00 bits per heavy atom. The Balaban J connectivity index is 2.40. The molecule has 0 bridgehead atoms. The van der Waals surface area contributed by atoms with Gasteiger partial charge in [-0.3, -0.25) is 14.4 Å². The zero-order valence-corrected chi connectivity index (χ0v) is 16.0. The largest absolute Gasteiger partial charge is 0.481 e. The third-order valence-electron chi connectivity index (χ3n) is 4.98. The predicted molar refractivity (Wildman–Crippen MR) is 93.7 cm³/mol. The van der Waals surface area contributed by atoms with Gasteiger partial charge in [0.25, 0.3) is 0 Å². The fourth-order valence-electron chi connectivity index (χ4n) is 3.80. The lowest BCUT2D eigenvalue weighted by Crippen LogP contribution is -2.45. The quantitative estimate of drug-likeness (QED) is 0.576. The molecule has 3 rings (SSSR count). The van der Waals surface area contributed by atoms with Gasteiger partial charge in [0.1, 0.15) is 17.0 Å². The number of alkyl halides is 3. The van der Waals surface area contributed by atoms with E-state index in [2.05, 4.69) is 0 Å². The van der Waals surface area contributed by atoms with Gasteiger partial charge in [-0.1, -0.05) is 0 Å². The highest BCUT2D eigenvalue weighted by Crippen LogP contribution is 2.48. The minimum atomic E-state index is -4.57. The van der Waals surface area contributed by atoms with Crippen LogP contribution in [0.5, 0.6) is 5.75 Å². The number of nitrogens with zero attached hydrogens (tertiary/aromatic N) is 2. The van der Waals surface area contributed by atoms with Gasteiger partial charge in [0.2, 0.25) is 12.3 Å². The van der Waals surface area contributed by atoms with E-state index >= 15 is 0 Å². The van der Waals surface area contributed by atoms with Gasteiger partial charge in [0, 0.05) is 18.5 Å². The highest BCUT2D eigenvalue weighted by Gasteiger charge is 2.45. The standard InChI is InChI=1S/C19H21F3N2O4/c1-11-12(19(20,21)22)7-8-13-15(11)16(23-9-5-6-14(23)26)17(18(2,3)28-13)24(10-25)27-4/h7-8,10H,5-6,9H2,1-4H3. The zero-order valence-electron chi connectivity index (χ0n) is 16.0. The number of carbonyl (C=O) groups excluding carboxylic acids is 2. The lowest BCUT2D eigenvalue weighted by atomic mass is 9.89. The van der Waals surface area contributed by atoms with Crippen molar-refractivity contribution in [3.8, 4) is 5.75 Å². The summed E-state index contributed by atoms with van der Waals surface area (Å²) in [4.78, 5) is 30.7. The third-order valence-corrected chi connectivity index (χ3v) is 4.98. The minimum Gasteiger partial charge on any atom is -0.481 e. The molecular formula is C19H21F3N2O4. The maximum atomic E-state index is 13.5. The van der Waals surface area contributed by atoms with Crippen LogP contribution in [0.4, 0.5) is 13.2 Å². The number of amides is 2. The molecule has 0 spiro atoms. The molecule has 28 heavy (non-hydrogen) atoms. The second-order valence-corrected chi connectivity index (χ2v) is 7.18. The molecular weight excluding hydrogens is 377 g/mol. The number of hydrogen-bond acceptors (Lipinski definition) is 4. The first kappa shape index (κ1) is 20.2. The topological polar surface area (TPSA) is 59.1 Å². The van der Waals surface area contributed by atoms with Crippen molar-refractivity contribution in [1.82, 2.24) is 9.96 Å². The van der Waals surface area contributed by atoms with Crippen LogP contribution in [0.3, 0.4) is 0 Å². The molecule has 2 heterocycles. The number of hydrogen-bond donors (Lipinski definition) is 0. The van der Waals surface area contributed by atoms with E-state index in [0.29, 0.717) is 19.4 Å². The fraction of sp³-hybridized carbons (Fsp3) is 0.474. The van der Waals surface area contributed by atoms with E-state index in [-0.39, 0.29) is 40.6 Å². The Morgan fingerprint density at radius 1 is 1.32 bits per heavy atom. The molecule has 0 aromatic heterocycles. The maximum absolute atomic E-state index is 13.5. The average Bonchev–Trinajstić information content (AvgIpc) is 3.00. The van der Waals surface area contributed by atoms with Crippen molar-refractivity contribution in [2.75, 3.05) is 13.7 Å². The third kappa shape index (κ3) is 3.13. The van der Waals surface area contributed by atoms with Gasteiger partial charge in [-0.05, 0) is 44.9 Å². The van der Waals surface area contributed by atoms with E-state index in [4.69, 9.17) is 9.57 Å². The molecule has 0 unspecified atom stereocenters. The zero-order chi connectivity index (χ0) is 20.9. The molecule has 1 aromatic carbocycles. The maximum Gasteiger partial charge on any atom is 0.416 e. The van der Waals surface area contributed by atoms with Gasteiger partial charge in [0.05, 0.1) is 18.4 Å². The average molecular weight is 398 g/mol. The molecule has 9 heteroatoms. The summed E-state index contributed by atoms with van der Waals surface area (Å²) in [6.07, 6.45) is -3.33. The fourth-order valence-corrected chi connectivity index (χ4v) is 3.80. The van der Waals surface area contributed by atoms with Crippen molar-refractivity contribution < 1.29 is 32.3 Å². The monoisotopic (exact) mass is 398 g/mol. The van der Waals surface area contributed by atoms with Gasteiger partial charge in [0.15, 0.2) is 0 Å². The Kier molecular flexibility index (Phi) is 4.91. The lowest BCUT2D eigenvalue weighted by molar-refractivity contribution is -0.157. The molecule has 2 amide bonds. The molecule has 152 valence electrons. The van der Waals surface area contributed by atoms with Crippen LogP contribution in [0.2, 0.25) is 0 Å². The molecule has 1 fully saturated rings. The molecule has 0 saturated carbocycles. The molecule has 2 aliphatic rings. The molecule has 0 N–H and O–H groups in total. The van der Waals surface area contributed by atoms with E-state index in [9.17, 15) is 22.8 Å². The number of hydroxylamine groups is 2. The summed E-state index contributed by atoms with van der Waals surface area (Å²) >= 11 is 0. The Hall–Kier alpha value is -2.55. The number of fused-ring (bicyclic) bond motifs is 1. The van der Waals surface area contributed by atoms with E-state index in [1.165, 1.54) is 25.0 Å². The van der Waals surface area contributed by atoms with Crippen LogP contribution in [0.1, 0.15) is 43.4 Å². The highest BCUT2D eigenvalue weighted by molar-refractivity contribution is 5.92. The first-order valence-corrected chi connectivity index (χ1v) is 8.77. The number of carbonyl (C=O) groups is 2. The van der Waals surface area contributed by atoms with Crippen LogP contribution in [0.25, 0.3) is 5.70 Å². The summed E-state index contributed by atoms with van der Waals surface area (Å²) < 4.78 is 46.5. The van der Waals surface area contributed by atoms with Crippen molar-refractivity contribution in [2.45, 2.75) is 45.4 Å². The molecule has 0 radical (unpaired) electrons. The van der Waals surface area contributed by atoms with Crippen molar-refractivity contribution >= 4 is 18.0 Å². The minimum absolute atomic E-state index is 0.0744. The molecule has 1 aromatic rings. The van der Waals surface area contributed by atoms with Crippen LogP contribution < -0.4 is 4.74 Å². The van der Waals surface area contributed by atoms with Gasteiger partial charge in [-0.15, -0.1) is 0 Å². The van der Waals surface area contributed by atoms with Crippen LogP contribution in [0, 0.1) is 6.92 Å². The summed E-state index contributed by atoms with van der Waals surface area (Å²) in [6.45, 7) is 4.99. The number of benzene rings is 1. The summed E-state index contributed by atoms with van der Waals surface area (Å²) in [5.41, 5.74) is -1.50. The summed E-state index contributed by atoms with van der Waals surface area (Å²) in [7, 11) is 1.26. The normalized spacial score (nSPS) is 18.8. The van der Waals surface area contributed by atoms with Gasteiger partial charge < -0.3 is 9.64 Å². The Labute approximate surface area is 160 Å². The summed E-state index contributed by atoms with van der Waals surface area (Å²) in [5, 5.41) is 0.892. The van der Waals surface area contributed by atoms with E-state index in [1.807, 2.05) is 0 Å². The van der Waals surface area contributed by atoms with Gasteiger partial charge in [-0.2, -0.15) is 18.2 Å². The van der Waals surface area contributed by atoms with Crippen LogP contribution >= 0.6 is 0 Å². The number of halogens is 3. The second kappa shape index (κ2) is 6.80. The predicted octanol–water partition coefficient (Wildman–Crippen LogP) is 3.50. The Bertz CT molecular complexity index is 861. The smallest absolute Gasteiger partial charge is 0.416 e. The summed E-state index contributed by atoms with van der Waals surface area (Å²) in [5.74, 6) is -0.00850. The molecule has 0 atom stereocenters. The van der Waals surface area contributed by atoms with Crippen molar-refractivity contribution in [2.24, 2.45) is 0 Å². The van der Waals surface area contributed by atoms with Crippen LogP contribution in [0.15, 0.2) is 17.8 Å². The van der Waals surface area contributed by atoms with Crippen molar-refractivity contribution in [3.63, 3.8) is 0 Å². The van der Waals surface area contributed by atoms with Crippen molar-refractivity contribution in [1.29, 1.82) is 0 Å². The van der Waals surface area contributed by atoms with Gasteiger partial charge >= 0.3 is 6.18 Å². The first-order valence-electron chi connectivity index (χ1n) is 8.77. The number of ether oxygens (including phenoxy) is 1. The van der Waals surface area contributed by atoms with Crippen molar-refractivity contribution in [3.05, 3.63) is 34.5 Å². The SMILES string of the molecule is CON(C=O)C1=C(N2CCCC2=O)c2c(ccc(C(F)(F)F)c2C)OC1(C)C. The highest BCUT2D eigenvalue weighted by atomic mass is 19.4. The number of rotatable bonds is 4. The second-order valence-electron chi connectivity index (χ2n) is 7.18. The van der Waals surface area contributed by atoms with E-state index < -0.39 is 17.3 Å². The molecule has 0 aliphatic carbocycles. The molecule has 2 aliphatic heterocycles. The molecule has 1 saturated heterocycles. The van der Waals surface area contributed by atoms with E-state index in [0.717, 1.165) is 11.1 Å². The number of likely N-dealkylation sites (tertiary alicyclic amines) is 1. The molecule has 6 nitrogen and oxygen atoms in total. The first-order chi connectivity index (χ1) is 13.0. The summed E-state index contributed by atoms with van der Waals surface area (Å²) in [6, 6.07) is 2.22. The lowest BCUT2D eigenvalue weighted by Gasteiger charge is -2.42. The van der Waals surface area contributed by atoms with Crippen LogP contribution in [-0.4, -0.2) is 41.5 Å². The van der Waals surface area contributed by atoms with E-state index in [1.54, 1.807) is 13.8 Å². The van der Waals surface area contributed by atoms with Gasteiger partial charge in [-0.25, -0.2) is 0 Å². The van der Waals surface area contributed by atoms with Crippen LogP contribution in [-0.2, 0) is 20.6 Å².